The summed E-state index contributed by atoms with van der Waals surface area (Å²) in [5.41, 5.74) is 4.38. The lowest BCUT2D eigenvalue weighted by Gasteiger charge is -2.08. The molecule has 160 valence electrons. The van der Waals surface area contributed by atoms with E-state index in [1.54, 1.807) is 4.57 Å². The smallest absolute Gasteiger partial charge is 0.346 e. The molecule has 1 aromatic heterocycles. The normalized spacial score (nSPS) is 15.0. The molecule has 0 bridgehead atoms. The van der Waals surface area contributed by atoms with Crippen LogP contribution in [0, 0.1) is 0 Å². The molecule has 31 heavy (non-hydrogen) atoms. The second kappa shape index (κ2) is 8.41. The highest BCUT2D eigenvalue weighted by molar-refractivity contribution is 5.75. The van der Waals surface area contributed by atoms with Gasteiger partial charge in [-0.25, -0.2) is 9.48 Å². The van der Waals surface area contributed by atoms with Crippen LogP contribution in [0.5, 0.6) is 5.75 Å². The summed E-state index contributed by atoms with van der Waals surface area (Å²) >= 11 is 0. The number of carbonyl (C=O) groups excluding carboxylic acids is 1. The quantitative estimate of drug-likeness (QED) is 0.691. The van der Waals surface area contributed by atoms with E-state index in [1.165, 1.54) is 15.8 Å². The molecule has 0 aliphatic carbocycles. The highest BCUT2D eigenvalue weighted by Gasteiger charge is 2.17. The van der Waals surface area contributed by atoms with Crippen molar-refractivity contribution in [3.63, 3.8) is 0 Å². The van der Waals surface area contributed by atoms with Gasteiger partial charge >= 0.3 is 5.69 Å². The zero-order valence-electron chi connectivity index (χ0n) is 17.5. The summed E-state index contributed by atoms with van der Waals surface area (Å²) in [6, 6.07) is 14.5. The van der Waals surface area contributed by atoms with Crippen molar-refractivity contribution in [3.8, 4) is 16.9 Å². The van der Waals surface area contributed by atoms with Gasteiger partial charge in [-0.2, -0.15) is 5.10 Å². The molecule has 2 aromatic carbocycles. The van der Waals surface area contributed by atoms with Gasteiger partial charge in [0.25, 0.3) is 0 Å². The van der Waals surface area contributed by atoms with E-state index in [-0.39, 0.29) is 18.1 Å². The molecule has 7 nitrogen and oxygen atoms in total. The lowest BCUT2D eigenvalue weighted by Crippen LogP contribution is -2.33. The average Bonchev–Trinajstić information content (AvgIpc) is 3.28. The lowest BCUT2D eigenvalue weighted by molar-refractivity contribution is -0.122. The van der Waals surface area contributed by atoms with Gasteiger partial charge in [-0.15, -0.1) is 0 Å². The first kappa shape index (κ1) is 19.6. The van der Waals surface area contributed by atoms with Crippen LogP contribution in [-0.2, 0) is 37.3 Å². The van der Waals surface area contributed by atoms with E-state index in [0.717, 1.165) is 61.4 Å². The number of nitrogens with one attached hydrogen (secondary N) is 1. The molecule has 0 saturated heterocycles. The molecule has 7 heteroatoms. The number of nitrogens with zero attached hydrogens (tertiary/aromatic N) is 3. The third-order valence-electron chi connectivity index (χ3n) is 6.04. The van der Waals surface area contributed by atoms with Gasteiger partial charge < -0.3 is 10.1 Å². The fourth-order valence-corrected chi connectivity index (χ4v) is 4.30. The topological polar surface area (TPSA) is 78.2 Å². The van der Waals surface area contributed by atoms with E-state index < -0.39 is 0 Å². The fraction of sp³-hybridized carbons (Fsp3) is 0.375. The molecule has 1 amide bonds. The Bertz CT molecular complexity index is 1160. The average molecular weight is 418 g/mol. The van der Waals surface area contributed by atoms with Crippen LogP contribution in [0.2, 0.25) is 0 Å². The van der Waals surface area contributed by atoms with Crippen LogP contribution in [0.3, 0.4) is 0 Å². The summed E-state index contributed by atoms with van der Waals surface area (Å²) in [4.78, 5) is 24.9. The minimum Gasteiger partial charge on any atom is -0.493 e. The summed E-state index contributed by atoms with van der Waals surface area (Å²) in [7, 11) is 0. The minimum absolute atomic E-state index is 0.0475. The number of fused-ring (bicyclic) bond motifs is 2. The Morgan fingerprint density at radius 2 is 1.87 bits per heavy atom. The highest BCUT2D eigenvalue weighted by atomic mass is 16.5. The Morgan fingerprint density at radius 3 is 2.74 bits per heavy atom. The van der Waals surface area contributed by atoms with Gasteiger partial charge in [-0.1, -0.05) is 36.8 Å². The van der Waals surface area contributed by atoms with Crippen LogP contribution in [0.15, 0.2) is 47.3 Å². The van der Waals surface area contributed by atoms with E-state index in [4.69, 9.17) is 4.74 Å². The van der Waals surface area contributed by atoms with Crippen molar-refractivity contribution in [2.24, 2.45) is 0 Å². The van der Waals surface area contributed by atoms with E-state index in [1.807, 2.05) is 18.2 Å². The molecule has 1 N–H and O–H groups in total. The van der Waals surface area contributed by atoms with Crippen molar-refractivity contribution in [2.45, 2.75) is 51.7 Å². The van der Waals surface area contributed by atoms with Gasteiger partial charge in [0.2, 0.25) is 5.91 Å². The Balaban J connectivity index is 1.20. The second-order valence-corrected chi connectivity index (χ2v) is 8.21. The SMILES string of the molecule is O=C(Cn1nc2n(c1=O)CCCCC2)NCc1ccc(-c2ccc3c(c2)CCO3)cc1. The van der Waals surface area contributed by atoms with Gasteiger partial charge in [-0.3, -0.25) is 9.36 Å². The number of ether oxygens (including phenoxy) is 1. The molecule has 3 heterocycles. The van der Waals surface area contributed by atoms with Gasteiger partial charge in [0, 0.05) is 25.9 Å². The minimum atomic E-state index is -0.210. The van der Waals surface area contributed by atoms with Gasteiger partial charge in [-0.05, 0) is 47.2 Å². The Labute approximate surface area is 180 Å². The molecule has 0 spiro atoms. The summed E-state index contributed by atoms with van der Waals surface area (Å²) in [5.74, 6) is 1.57. The molecule has 0 radical (unpaired) electrons. The molecular weight excluding hydrogens is 392 g/mol. The molecule has 0 atom stereocenters. The third-order valence-corrected chi connectivity index (χ3v) is 6.04. The zero-order valence-corrected chi connectivity index (χ0v) is 17.5. The van der Waals surface area contributed by atoms with Crippen LogP contribution >= 0.6 is 0 Å². The van der Waals surface area contributed by atoms with Crippen molar-refractivity contribution in [1.29, 1.82) is 0 Å². The predicted octanol–water partition coefficient (Wildman–Crippen LogP) is 2.69. The largest absolute Gasteiger partial charge is 0.493 e. The Morgan fingerprint density at radius 1 is 1.03 bits per heavy atom. The van der Waals surface area contributed by atoms with Crippen molar-refractivity contribution < 1.29 is 9.53 Å². The van der Waals surface area contributed by atoms with E-state index >= 15 is 0 Å². The zero-order chi connectivity index (χ0) is 21.2. The fourth-order valence-electron chi connectivity index (χ4n) is 4.30. The van der Waals surface area contributed by atoms with Gasteiger partial charge in [0.1, 0.15) is 18.1 Å². The van der Waals surface area contributed by atoms with Gasteiger partial charge in [0.05, 0.1) is 6.61 Å². The highest BCUT2D eigenvalue weighted by Crippen LogP contribution is 2.30. The maximum Gasteiger partial charge on any atom is 0.346 e. The number of aryl methyl sites for hydroxylation is 1. The Hall–Kier alpha value is -3.35. The number of hydrogen-bond donors (Lipinski definition) is 1. The van der Waals surface area contributed by atoms with Crippen molar-refractivity contribution in [2.75, 3.05) is 6.61 Å². The van der Waals surface area contributed by atoms with E-state index in [2.05, 4.69) is 34.7 Å². The summed E-state index contributed by atoms with van der Waals surface area (Å²) in [6.07, 6.45) is 4.89. The van der Waals surface area contributed by atoms with E-state index in [0.29, 0.717) is 13.1 Å². The molecule has 0 saturated carbocycles. The first-order valence-corrected chi connectivity index (χ1v) is 11.0. The van der Waals surface area contributed by atoms with Crippen LogP contribution in [0.1, 0.15) is 36.2 Å². The molecule has 2 aliphatic rings. The predicted molar refractivity (Wildman–Crippen MR) is 117 cm³/mol. The molecule has 0 unspecified atom stereocenters. The monoisotopic (exact) mass is 418 g/mol. The number of amides is 1. The summed E-state index contributed by atoms with van der Waals surface area (Å²) < 4.78 is 8.58. The van der Waals surface area contributed by atoms with E-state index in [9.17, 15) is 9.59 Å². The summed E-state index contributed by atoms with van der Waals surface area (Å²) in [5, 5.41) is 7.27. The maximum absolute atomic E-state index is 12.5. The first-order chi connectivity index (χ1) is 15.2. The molecule has 5 rings (SSSR count). The number of benzene rings is 2. The number of carbonyl (C=O) groups is 1. The van der Waals surface area contributed by atoms with Crippen molar-refractivity contribution >= 4 is 5.91 Å². The van der Waals surface area contributed by atoms with Gasteiger partial charge in [0.15, 0.2) is 0 Å². The van der Waals surface area contributed by atoms with Crippen LogP contribution in [-0.4, -0.2) is 26.9 Å². The molecule has 3 aromatic rings. The van der Waals surface area contributed by atoms with Crippen molar-refractivity contribution in [1.82, 2.24) is 19.7 Å². The second-order valence-electron chi connectivity index (χ2n) is 8.21. The van der Waals surface area contributed by atoms with Crippen LogP contribution in [0.25, 0.3) is 11.1 Å². The Kier molecular flexibility index (Phi) is 5.32. The van der Waals surface area contributed by atoms with Crippen LogP contribution in [0.4, 0.5) is 0 Å². The van der Waals surface area contributed by atoms with Crippen LogP contribution < -0.4 is 15.7 Å². The molecule has 2 aliphatic heterocycles. The third kappa shape index (κ3) is 4.13. The maximum atomic E-state index is 12.5. The number of hydrogen-bond acceptors (Lipinski definition) is 4. The van der Waals surface area contributed by atoms with Crippen molar-refractivity contribution in [3.05, 3.63) is 69.9 Å². The lowest BCUT2D eigenvalue weighted by atomic mass is 10.0. The number of aromatic nitrogens is 3. The number of rotatable bonds is 5. The first-order valence-electron chi connectivity index (χ1n) is 11.0. The molecular formula is C24H26N4O3. The molecule has 0 fully saturated rings. The summed E-state index contributed by atoms with van der Waals surface area (Å²) in [6.45, 7) is 1.82. The standard InChI is InChI=1S/C24H26N4O3/c29-23(16-28-24(30)27-12-3-1-2-4-22(27)26-28)25-15-17-5-7-18(8-6-17)19-9-10-21-20(14-19)11-13-31-21/h5-10,14H,1-4,11-13,15-16H2,(H,25,29).